The van der Waals surface area contributed by atoms with Crippen molar-refractivity contribution in [2.24, 2.45) is 0 Å². The highest BCUT2D eigenvalue weighted by Crippen LogP contribution is 2.29. The molecule has 0 saturated heterocycles. The van der Waals surface area contributed by atoms with Gasteiger partial charge < -0.3 is 5.32 Å². The number of hydrogen-bond acceptors (Lipinski definition) is 6. The molecule has 8 heteroatoms. The van der Waals surface area contributed by atoms with Gasteiger partial charge in [-0.25, -0.2) is 9.97 Å². The van der Waals surface area contributed by atoms with Crippen LogP contribution in [0.25, 0.3) is 11.3 Å². The summed E-state index contributed by atoms with van der Waals surface area (Å²) in [4.78, 5) is 21.0. The van der Waals surface area contributed by atoms with Gasteiger partial charge in [-0.15, -0.1) is 16.4 Å². The monoisotopic (exact) mass is 387 g/mol. The molecule has 0 spiro atoms. The van der Waals surface area contributed by atoms with Crippen molar-refractivity contribution in [1.29, 1.82) is 0 Å². The van der Waals surface area contributed by atoms with Crippen LogP contribution in [0.1, 0.15) is 29.4 Å². The molecule has 0 aliphatic rings. The SMILES string of the molecule is CCc1nc(SCC(=O)Nc2nc(-c3cc(C)c(C)cc3C)cs2)n[nH]1. The zero-order valence-corrected chi connectivity index (χ0v) is 16.8. The molecule has 2 N–H and O–H groups in total. The van der Waals surface area contributed by atoms with Crippen molar-refractivity contribution in [3.63, 3.8) is 0 Å². The highest BCUT2D eigenvalue weighted by atomic mass is 32.2. The highest BCUT2D eigenvalue weighted by Gasteiger charge is 2.12. The first-order chi connectivity index (χ1) is 12.5. The van der Waals surface area contributed by atoms with E-state index in [-0.39, 0.29) is 11.7 Å². The predicted octanol–water partition coefficient (Wildman–Crippen LogP) is 4.15. The number of thiazole rings is 1. The summed E-state index contributed by atoms with van der Waals surface area (Å²) in [6.07, 6.45) is 0.791. The molecule has 2 aromatic heterocycles. The van der Waals surface area contributed by atoms with Crippen molar-refractivity contribution in [2.75, 3.05) is 11.1 Å². The van der Waals surface area contributed by atoms with Crippen molar-refractivity contribution in [2.45, 2.75) is 39.3 Å². The Morgan fingerprint density at radius 3 is 2.69 bits per heavy atom. The average molecular weight is 388 g/mol. The maximum atomic E-state index is 12.1. The van der Waals surface area contributed by atoms with E-state index in [0.29, 0.717) is 10.3 Å². The Morgan fingerprint density at radius 1 is 1.19 bits per heavy atom. The molecule has 0 radical (unpaired) electrons. The molecule has 6 nitrogen and oxygen atoms in total. The maximum absolute atomic E-state index is 12.1. The molecule has 136 valence electrons. The van der Waals surface area contributed by atoms with Crippen LogP contribution in [-0.4, -0.2) is 31.8 Å². The van der Waals surface area contributed by atoms with Crippen molar-refractivity contribution in [3.05, 3.63) is 40.0 Å². The van der Waals surface area contributed by atoms with Crippen molar-refractivity contribution in [3.8, 4) is 11.3 Å². The largest absolute Gasteiger partial charge is 0.301 e. The number of benzene rings is 1. The number of aryl methyl sites for hydroxylation is 4. The summed E-state index contributed by atoms with van der Waals surface area (Å²) in [5.74, 6) is 0.954. The third-order valence-corrected chi connectivity index (χ3v) is 5.65. The number of thioether (sulfide) groups is 1. The van der Waals surface area contributed by atoms with Crippen molar-refractivity contribution in [1.82, 2.24) is 20.2 Å². The number of nitrogens with one attached hydrogen (secondary N) is 2. The second-order valence-electron chi connectivity index (χ2n) is 6.04. The lowest BCUT2D eigenvalue weighted by Crippen LogP contribution is -2.13. The lowest BCUT2D eigenvalue weighted by atomic mass is 9.99. The third kappa shape index (κ3) is 4.31. The van der Waals surface area contributed by atoms with Gasteiger partial charge in [0.1, 0.15) is 5.82 Å². The predicted molar refractivity (Wildman–Crippen MR) is 107 cm³/mol. The van der Waals surface area contributed by atoms with Crippen molar-refractivity contribution < 1.29 is 4.79 Å². The zero-order valence-electron chi connectivity index (χ0n) is 15.2. The molecule has 0 unspecified atom stereocenters. The Bertz CT molecular complexity index is 932. The minimum atomic E-state index is -0.115. The summed E-state index contributed by atoms with van der Waals surface area (Å²) in [7, 11) is 0. The van der Waals surface area contributed by atoms with Gasteiger partial charge in [0.2, 0.25) is 11.1 Å². The standard InChI is InChI=1S/C18H21N5OS2/c1-5-15-20-18(23-22-15)26-9-16(24)21-17-19-14(8-25-17)13-7-11(3)10(2)6-12(13)4/h6-8H,5,9H2,1-4H3,(H,19,21,24)(H,20,22,23). The summed E-state index contributed by atoms with van der Waals surface area (Å²) < 4.78 is 0. The maximum Gasteiger partial charge on any atom is 0.236 e. The van der Waals surface area contributed by atoms with Crippen LogP contribution in [0.3, 0.4) is 0 Å². The molecule has 2 heterocycles. The lowest BCUT2D eigenvalue weighted by molar-refractivity contribution is -0.113. The fourth-order valence-electron chi connectivity index (χ4n) is 2.48. The van der Waals surface area contributed by atoms with Crippen LogP contribution in [0, 0.1) is 20.8 Å². The number of anilines is 1. The Hall–Kier alpha value is -2.19. The van der Waals surface area contributed by atoms with Crippen molar-refractivity contribution >= 4 is 34.1 Å². The number of nitrogens with zero attached hydrogens (tertiary/aromatic N) is 3. The molecule has 0 aliphatic heterocycles. The van der Waals surface area contributed by atoms with Crippen LogP contribution in [-0.2, 0) is 11.2 Å². The number of amides is 1. The summed E-state index contributed by atoms with van der Waals surface area (Å²) in [6.45, 7) is 8.28. The minimum absolute atomic E-state index is 0.115. The molecular weight excluding hydrogens is 366 g/mol. The fraction of sp³-hybridized carbons (Fsp3) is 0.333. The van der Waals surface area contributed by atoms with Gasteiger partial charge in [0, 0.05) is 17.4 Å². The molecule has 0 bridgehead atoms. The summed E-state index contributed by atoms with van der Waals surface area (Å²) in [5.41, 5.74) is 5.68. The molecule has 0 aliphatic carbocycles. The lowest BCUT2D eigenvalue weighted by Gasteiger charge is -2.07. The van der Waals surface area contributed by atoms with E-state index in [1.807, 2.05) is 12.3 Å². The topological polar surface area (TPSA) is 83.6 Å². The number of rotatable bonds is 6. The fourth-order valence-corrected chi connectivity index (χ4v) is 3.82. The summed E-state index contributed by atoms with van der Waals surface area (Å²) in [6, 6.07) is 4.32. The number of aromatic nitrogens is 4. The molecule has 3 rings (SSSR count). The Morgan fingerprint density at radius 2 is 1.96 bits per heavy atom. The van der Waals surface area contributed by atoms with E-state index < -0.39 is 0 Å². The molecule has 0 fully saturated rings. The van der Waals surface area contributed by atoms with E-state index >= 15 is 0 Å². The van der Waals surface area contributed by atoms with E-state index in [4.69, 9.17) is 0 Å². The van der Waals surface area contributed by atoms with Crippen LogP contribution >= 0.6 is 23.1 Å². The van der Waals surface area contributed by atoms with Gasteiger partial charge in [-0.05, 0) is 43.5 Å². The highest BCUT2D eigenvalue weighted by molar-refractivity contribution is 7.99. The van der Waals surface area contributed by atoms with E-state index in [9.17, 15) is 4.79 Å². The average Bonchev–Trinajstić information content (AvgIpc) is 3.25. The molecule has 1 aromatic carbocycles. The Kier molecular flexibility index (Phi) is 5.73. The molecule has 1 amide bonds. The van der Waals surface area contributed by atoms with Gasteiger partial charge in [0.05, 0.1) is 11.4 Å². The third-order valence-electron chi connectivity index (χ3n) is 4.05. The van der Waals surface area contributed by atoms with Gasteiger partial charge in [-0.3, -0.25) is 9.89 Å². The Labute approximate surface area is 160 Å². The van der Waals surface area contributed by atoms with Crippen LogP contribution in [0.15, 0.2) is 22.7 Å². The molecule has 3 aromatic rings. The molecule has 26 heavy (non-hydrogen) atoms. The minimum Gasteiger partial charge on any atom is -0.301 e. The first-order valence-corrected chi connectivity index (χ1v) is 10.2. The van der Waals surface area contributed by atoms with Crippen LogP contribution < -0.4 is 5.32 Å². The first kappa shape index (κ1) is 18.6. The van der Waals surface area contributed by atoms with Gasteiger partial charge in [0.15, 0.2) is 5.13 Å². The molecule has 0 atom stereocenters. The second-order valence-corrected chi connectivity index (χ2v) is 7.84. The normalized spacial score (nSPS) is 10.9. The van der Waals surface area contributed by atoms with Crippen LogP contribution in [0.5, 0.6) is 0 Å². The smallest absolute Gasteiger partial charge is 0.236 e. The number of carbonyl (C=O) groups excluding carboxylic acids is 1. The summed E-state index contributed by atoms with van der Waals surface area (Å²) >= 11 is 2.74. The number of aromatic amines is 1. The van der Waals surface area contributed by atoms with Crippen LogP contribution in [0.4, 0.5) is 5.13 Å². The number of H-pyrrole nitrogens is 1. The van der Waals surface area contributed by atoms with Crippen LogP contribution in [0.2, 0.25) is 0 Å². The van der Waals surface area contributed by atoms with Gasteiger partial charge in [-0.1, -0.05) is 24.8 Å². The molecule has 0 saturated carbocycles. The molecular formula is C18H21N5OS2. The number of hydrogen-bond donors (Lipinski definition) is 2. The summed E-state index contributed by atoms with van der Waals surface area (Å²) in [5, 5.41) is 12.9. The van der Waals surface area contributed by atoms with E-state index in [2.05, 4.69) is 58.4 Å². The zero-order chi connectivity index (χ0) is 18.7. The quantitative estimate of drug-likeness (QED) is 0.621. The Balaban J connectivity index is 1.63. The van der Waals surface area contributed by atoms with E-state index in [1.54, 1.807) is 0 Å². The van der Waals surface area contributed by atoms with Gasteiger partial charge in [0.25, 0.3) is 0 Å². The first-order valence-electron chi connectivity index (χ1n) is 8.34. The van der Waals surface area contributed by atoms with Gasteiger partial charge in [-0.2, -0.15) is 0 Å². The number of carbonyl (C=O) groups is 1. The second kappa shape index (κ2) is 8.01. The van der Waals surface area contributed by atoms with Gasteiger partial charge >= 0.3 is 0 Å². The van der Waals surface area contributed by atoms with E-state index in [1.165, 1.54) is 39.8 Å². The van der Waals surface area contributed by atoms with E-state index in [0.717, 1.165) is 23.5 Å².